The maximum atomic E-state index is 11.8. The lowest BCUT2D eigenvalue weighted by Crippen LogP contribution is -2.32. The first-order chi connectivity index (χ1) is 7.96. The van der Waals surface area contributed by atoms with Crippen molar-refractivity contribution in [3.8, 4) is 5.75 Å². The Balaban J connectivity index is 2.30. The number of carbonyl (C=O) groups is 1. The van der Waals surface area contributed by atoms with Crippen LogP contribution in [0.4, 0.5) is 5.69 Å². The van der Waals surface area contributed by atoms with E-state index >= 15 is 0 Å². The monoisotopic (exact) mass is 232 g/mol. The number of methoxy groups -OCH3 is 1. The molecule has 1 heterocycles. The van der Waals surface area contributed by atoms with Gasteiger partial charge in [0.05, 0.1) is 18.2 Å². The van der Waals surface area contributed by atoms with Gasteiger partial charge in [-0.15, -0.1) is 0 Å². The summed E-state index contributed by atoms with van der Waals surface area (Å²) < 4.78 is 5.09. The van der Waals surface area contributed by atoms with E-state index in [-0.39, 0.29) is 5.91 Å². The molecule has 2 rings (SSSR count). The average Bonchev–Trinajstić information content (AvgIpc) is 2.53. The molecule has 1 aliphatic heterocycles. The summed E-state index contributed by atoms with van der Waals surface area (Å²) in [5.41, 5.74) is 3.85. The summed E-state index contributed by atoms with van der Waals surface area (Å²) >= 11 is 0. The molecule has 0 aliphatic carbocycles. The minimum atomic E-state index is -0.570. The molecule has 1 amide bonds. The zero-order valence-corrected chi connectivity index (χ0v) is 10.3. The Morgan fingerprint density at radius 2 is 1.88 bits per heavy atom. The third-order valence-electron chi connectivity index (χ3n) is 3.10. The molecule has 0 atom stereocenters. The van der Waals surface area contributed by atoms with Crippen molar-refractivity contribution in [3.63, 3.8) is 0 Å². The summed E-state index contributed by atoms with van der Waals surface area (Å²) in [7, 11) is 1.62. The van der Waals surface area contributed by atoms with Gasteiger partial charge in [0.2, 0.25) is 5.91 Å². The number of hydrazine groups is 1. The number of hydrogen-bond donors (Lipinski definition) is 1. The summed E-state index contributed by atoms with van der Waals surface area (Å²) in [6, 6.07) is 7.46. The molecule has 90 valence electrons. The fourth-order valence-corrected chi connectivity index (χ4v) is 1.67. The second kappa shape index (κ2) is 3.80. The Labute approximate surface area is 101 Å². The van der Waals surface area contributed by atoms with Crippen LogP contribution in [0, 0.1) is 5.41 Å². The zero-order valence-electron chi connectivity index (χ0n) is 10.3. The van der Waals surface area contributed by atoms with E-state index in [0.29, 0.717) is 0 Å². The zero-order chi connectivity index (χ0) is 12.6. The number of anilines is 1. The molecule has 0 spiro atoms. The molecule has 0 aromatic heterocycles. The summed E-state index contributed by atoms with van der Waals surface area (Å²) in [4.78, 5) is 11.8. The lowest BCUT2D eigenvalue weighted by Gasteiger charge is -2.21. The molecule has 4 heteroatoms. The smallest absolute Gasteiger partial charge is 0.250 e. The quantitative estimate of drug-likeness (QED) is 0.848. The van der Waals surface area contributed by atoms with E-state index in [1.807, 2.05) is 38.1 Å². The number of ether oxygens (including phenoxy) is 1. The van der Waals surface area contributed by atoms with Crippen molar-refractivity contribution in [2.45, 2.75) is 13.8 Å². The predicted octanol–water partition coefficient (Wildman–Crippen LogP) is 2.09. The molecule has 0 bridgehead atoms. The van der Waals surface area contributed by atoms with Gasteiger partial charge in [0, 0.05) is 5.70 Å². The Morgan fingerprint density at radius 3 is 2.29 bits per heavy atom. The van der Waals surface area contributed by atoms with Gasteiger partial charge in [-0.2, -0.15) is 0 Å². The highest BCUT2D eigenvalue weighted by Crippen LogP contribution is 2.36. The van der Waals surface area contributed by atoms with E-state index in [1.54, 1.807) is 12.1 Å². The highest BCUT2D eigenvalue weighted by Gasteiger charge is 2.42. The molecular formula is C13H16N2O2. The molecule has 1 saturated heterocycles. The molecule has 1 aliphatic rings. The third-order valence-corrected chi connectivity index (χ3v) is 3.10. The molecule has 0 saturated carbocycles. The van der Waals surface area contributed by atoms with Crippen molar-refractivity contribution >= 4 is 11.6 Å². The third kappa shape index (κ3) is 1.75. The summed E-state index contributed by atoms with van der Waals surface area (Å²) in [6.45, 7) is 7.68. The predicted molar refractivity (Wildman–Crippen MR) is 66.5 cm³/mol. The van der Waals surface area contributed by atoms with E-state index < -0.39 is 5.41 Å². The first kappa shape index (κ1) is 11.5. The van der Waals surface area contributed by atoms with Crippen LogP contribution in [-0.4, -0.2) is 13.0 Å². The summed E-state index contributed by atoms with van der Waals surface area (Å²) in [5.74, 6) is 0.738. The minimum Gasteiger partial charge on any atom is -0.497 e. The number of nitrogens with zero attached hydrogens (tertiary/aromatic N) is 1. The van der Waals surface area contributed by atoms with Crippen LogP contribution in [-0.2, 0) is 4.79 Å². The van der Waals surface area contributed by atoms with E-state index in [0.717, 1.165) is 17.1 Å². The Bertz CT molecular complexity index is 463. The van der Waals surface area contributed by atoms with Crippen LogP contribution in [0.3, 0.4) is 0 Å². The lowest BCUT2D eigenvalue weighted by molar-refractivity contribution is -0.125. The fourth-order valence-electron chi connectivity index (χ4n) is 1.67. The number of benzene rings is 1. The Kier molecular flexibility index (Phi) is 2.58. The molecule has 1 N–H and O–H groups in total. The summed E-state index contributed by atoms with van der Waals surface area (Å²) in [6.07, 6.45) is 0. The fraction of sp³-hybridized carbons (Fsp3) is 0.308. The van der Waals surface area contributed by atoms with Gasteiger partial charge in [-0.05, 0) is 38.1 Å². The van der Waals surface area contributed by atoms with Crippen molar-refractivity contribution in [1.82, 2.24) is 5.43 Å². The van der Waals surface area contributed by atoms with E-state index in [4.69, 9.17) is 4.74 Å². The summed E-state index contributed by atoms with van der Waals surface area (Å²) in [5, 5.41) is 1.71. The highest BCUT2D eigenvalue weighted by molar-refractivity contribution is 5.92. The van der Waals surface area contributed by atoms with Crippen LogP contribution >= 0.6 is 0 Å². The van der Waals surface area contributed by atoms with E-state index in [2.05, 4.69) is 12.0 Å². The minimum absolute atomic E-state index is 0.0432. The van der Waals surface area contributed by atoms with Crippen molar-refractivity contribution in [2.75, 3.05) is 12.1 Å². The molecule has 1 fully saturated rings. The van der Waals surface area contributed by atoms with Gasteiger partial charge in [-0.3, -0.25) is 15.2 Å². The molecule has 17 heavy (non-hydrogen) atoms. The molecule has 0 radical (unpaired) electrons. The Morgan fingerprint density at radius 1 is 1.29 bits per heavy atom. The van der Waals surface area contributed by atoms with Crippen LogP contribution in [0.25, 0.3) is 0 Å². The molecule has 1 aromatic rings. The van der Waals surface area contributed by atoms with Crippen LogP contribution < -0.4 is 15.2 Å². The van der Waals surface area contributed by atoms with E-state index in [9.17, 15) is 4.79 Å². The average molecular weight is 232 g/mol. The van der Waals surface area contributed by atoms with Gasteiger partial charge in [0.25, 0.3) is 0 Å². The first-order valence-corrected chi connectivity index (χ1v) is 5.41. The molecular weight excluding hydrogens is 216 g/mol. The van der Waals surface area contributed by atoms with Gasteiger partial charge < -0.3 is 4.74 Å². The van der Waals surface area contributed by atoms with Gasteiger partial charge in [0.15, 0.2) is 0 Å². The lowest BCUT2D eigenvalue weighted by atomic mass is 9.90. The second-order valence-corrected chi connectivity index (χ2v) is 4.55. The molecule has 0 unspecified atom stereocenters. The van der Waals surface area contributed by atoms with Crippen molar-refractivity contribution in [1.29, 1.82) is 0 Å². The largest absolute Gasteiger partial charge is 0.497 e. The van der Waals surface area contributed by atoms with Crippen LogP contribution in [0.2, 0.25) is 0 Å². The standard InChI is InChI=1S/C13H16N2O2/c1-9-13(2,3)12(16)14-15(9)10-5-7-11(17-4)8-6-10/h5-8H,1H2,2-4H3,(H,14,16). The topological polar surface area (TPSA) is 41.6 Å². The highest BCUT2D eigenvalue weighted by atomic mass is 16.5. The van der Waals surface area contributed by atoms with Gasteiger partial charge in [0.1, 0.15) is 5.75 Å². The SMILES string of the molecule is C=C1N(c2ccc(OC)cc2)NC(=O)C1(C)C. The van der Waals surface area contributed by atoms with Gasteiger partial charge in [-0.25, -0.2) is 0 Å². The van der Waals surface area contributed by atoms with Crippen molar-refractivity contribution in [2.24, 2.45) is 5.41 Å². The molecule has 1 aromatic carbocycles. The number of hydrogen-bond acceptors (Lipinski definition) is 3. The Hall–Kier alpha value is -1.97. The van der Waals surface area contributed by atoms with Gasteiger partial charge in [-0.1, -0.05) is 6.58 Å². The maximum absolute atomic E-state index is 11.8. The van der Waals surface area contributed by atoms with Gasteiger partial charge >= 0.3 is 0 Å². The van der Waals surface area contributed by atoms with E-state index in [1.165, 1.54) is 0 Å². The normalized spacial score (nSPS) is 18.2. The van der Waals surface area contributed by atoms with Crippen LogP contribution in [0.1, 0.15) is 13.8 Å². The number of amides is 1. The van der Waals surface area contributed by atoms with Crippen molar-refractivity contribution in [3.05, 3.63) is 36.5 Å². The first-order valence-electron chi connectivity index (χ1n) is 5.41. The number of carbonyl (C=O) groups excluding carboxylic acids is 1. The maximum Gasteiger partial charge on any atom is 0.250 e. The molecule has 4 nitrogen and oxygen atoms in total. The van der Waals surface area contributed by atoms with Crippen LogP contribution in [0.15, 0.2) is 36.5 Å². The van der Waals surface area contributed by atoms with Crippen molar-refractivity contribution < 1.29 is 9.53 Å². The second-order valence-electron chi connectivity index (χ2n) is 4.55. The van der Waals surface area contributed by atoms with Crippen LogP contribution in [0.5, 0.6) is 5.75 Å². The number of rotatable bonds is 2. The number of nitrogens with one attached hydrogen (secondary N) is 1.